The lowest BCUT2D eigenvalue weighted by Crippen LogP contribution is -2.44. The maximum Gasteiger partial charge on any atom is 0.145 e. The Labute approximate surface area is 120 Å². The van der Waals surface area contributed by atoms with E-state index < -0.39 is 0 Å². The monoisotopic (exact) mass is 270 g/mol. The Kier molecular flexibility index (Phi) is 3.57. The molecular weight excluding hydrogens is 248 g/mol. The van der Waals surface area contributed by atoms with Crippen molar-refractivity contribution in [2.75, 3.05) is 13.1 Å². The highest BCUT2D eigenvalue weighted by atomic mass is 15.3. The summed E-state index contributed by atoms with van der Waals surface area (Å²) in [5, 5.41) is 12.4. The molecule has 1 aromatic carbocycles. The van der Waals surface area contributed by atoms with Gasteiger partial charge in [-0.3, -0.25) is 4.57 Å². The maximum atomic E-state index is 4.53. The molecule has 0 aliphatic carbocycles. The van der Waals surface area contributed by atoms with Crippen LogP contribution in [0.4, 0.5) is 0 Å². The van der Waals surface area contributed by atoms with Crippen LogP contribution >= 0.6 is 0 Å². The van der Waals surface area contributed by atoms with Crippen molar-refractivity contribution in [2.45, 2.75) is 38.5 Å². The Morgan fingerprint density at radius 1 is 1.25 bits per heavy atom. The van der Waals surface area contributed by atoms with Crippen LogP contribution < -0.4 is 5.32 Å². The van der Waals surface area contributed by atoms with Crippen molar-refractivity contribution in [1.82, 2.24) is 20.1 Å². The Morgan fingerprint density at radius 2 is 2.05 bits per heavy atom. The van der Waals surface area contributed by atoms with Crippen molar-refractivity contribution < 1.29 is 0 Å². The van der Waals surface area contributed by atoms with Crippen LogP contribution in [0.5, 0.6) is 0 Å². The van der Waals surface area contributed by atoms with Gasteiger partial charge in [0, 0.05) is 17.6 Å². The van der Waals surface area contributed by atoms with Gasteiger partial charge < -0.3 is 5.32 Å². The summed E-state index contributed by atoms with van der Waals surface area (Å²) in [6.07, 6.45) is 3.47. The van der Waals surface area contributed by atoms with Crippen molar-refractivity contribution in [3.8, 4) is 5.69 Å². The molecule has 1 fully saturated rings. The average Bonchev–Trinajstić information content (AvgIpc) is 2.91. The Bertz CT molecular complexity index is 567. The van der Waals surface area contributed by atoms with Crippen molar-refractivity contribution in [3.63, 3.8) is 0 Å². The molecule has 1 saturated heterocycles. The summed E-state index contributed by atoms with van der Waals surface area (Å²) in [5.41, 5.74) is 1.26. The second-order valence-corrected chi connectivity index (χ2v) is 5.66. The van der Waals surface area contributed by atoms with Gasteiger partial charge in [-0.15, -0.1) is 10.2 Å². The van der Waals surface area contributed by atoms with Crippen LogP contribution in [0.1, 0.15) is 37.8 Å². The fraction of sp³-hybridized carbons (Fsp3) is 0.500. The summed E-state index contributed by atoms with van der Waals surface area (Å²) in [5.74, 6) is 2.07. The lowest BCUT2D eigenvalue weighted by Gasteiger charge is -2.36. The molecule has 1 aliphatic heterocycles. The number of aryl methyl sites for hydroxylation is 1. The van der Waals surface area contributed by atoms with E-state index in [0.717, 1.165) is 36.8 Å². The van der Waals surface area contributed by atoms with Crippen molar-refractivity contribution in [1.29, 1.82) is 0 Å². The molecule has 0 bridgehead atoms. The van der Waals surface area contributed by atoms with Gasteiger partial charge in [0.1, 0.15) is 11.6 Å². The normalized spacial score (nSPS) is 22.9. The molecule has 1 atom stereocenters. The molecular formula is C16H22N4. The number of benzene rings is 1. The number of rotatable bonds is 3. The predicted octanol–water partition coefficient (Wildman–Crippen LogP) is 2.61. The number of nitrogens with one attached hydrogen (secondary N) is 1. The highest BCUT2D eigenvalue weighted by Gasteiger charge is 2.37. The molecule has 2 heterocycles. The third kappa shape index (κ3) is 2.14. The minimum atomic E-state index is 0.106. The largest absolute Gasteiger partial charge is 0.316 e. The number of hydrogen-bond acceptors (Lipinski definition) is 3. The lowest BCUT2D eigenvalue weighted by molar-refractivity contribution is 0.284. The summed E-state index contributed by atoms with van der Waals surface area (Å²) in [7, 11) is 0. The molecule has 0 radical (unpaired) electrons. The van der Waals surface area contributed by atoms with E-state index in [9.17, 15) is 0 Å². The van der Waals surface area contributed by atoms with Gasteiger partial charge in [-0.25, -0.2) is 0 Å². The Hall–Kier alpha value is -1.68. The average molecular weight is 270 g/mol. The van der Waals surface area contributed by atoms with Gasteiger partial charge in [0.05, 0.1) is 0 Å². The van der Waals surface area contributed by atoms with Gasteiger partial charge in [-0.05, 0) is 44.9 Å². The van der Waals surface area contributed by atoms with Crippen LogP contribution in [0.25, 0.3) is 5.69 Å². The molecule has 0 saturated carbocycles. The molecule has 1 aliphatic rings. The van der Waals surface area contributed by atoms with Crippen LogP contribution in [0, 0.1) is 6.92 Å². The first-order valence-electron chi connectivity index (χ1n) is 7.45. The van der Waals surface area contributed by atoms with E-state index in [0.29, 0.717) is 0 Å². The topological polar surface area (TPSA) is 42.7 Å². The fourth-order valence-corrected chi connectivity index (χ4v) is 3.21. The van der Waals surface area contributed by atoms with E-state index in [-0.39, 0.29) is 5.41 Å². The van der Waals surface area contributed by atoms with E-state index in [1.165, 1.54) is 12.8 Å². The van der Waals surface area contributed by atoms with Gasteiger partial charge in [0.2, 0.25) is 0 Å². The first kappa shape index (κ1) is 13.3. The second-order valence-electron chi connectivity index (χ2n) is 5.66. The molecule has 3 rings (SSSR count). The highest BCUT2D eigenvalue weighted by Crippen LogP contribution is 2.34. The molecule has 0 amide bonds. The first-order chi connectivity index (χ1) is 9.77. The number of piperidine rings is 1. The van der Waals surface area contributed by atoms with Crippen LogP contribution in [0.2, 0.25) is 0 Å². The third-order valence-electron chi connectivity index (χ3n) is 4.46. The van der Waals surface area contributed by atoms with Crippen molar-refractivity contribution >= 4 is 0 Å². The van der Waals surface area contributed by atoms with E-state index in [1.807, 2.05) is 13.0 Å². The molecule has 1 unspecified atom stereocenters. The SMILES string of the molecule is CCC1(c2nnc(C)n2-c2ccccc2)CCCNC1. The predicted molar refractivity (Wildman–Crippen MR) is 80.2 cm³/mol. The molecule has 4 heteroatoms. The molecule has 106 valence electrons. The maximum absolute atomic E-state index is 4.53. The zero-order valence-electron chi connectivity index (χ0n) is 12.3. The smallest absolute Gasteiger partial charge is 0.145 e. The molecule has 1 aromatic heterocycles. The van der Waals surface area contributed by atoms with E-state index in [1.54, 1.807) is 0 Å². The minimum Gasteiger partial charge on any atom is -0.316 e. The second kappa shape index (κ2) is 5.37. The zero-order chi connectivity index (χ0) is 14.0. The molecule has 1 N–H and O–H groups in total. The van der Waals surface area contributed by atoms with E-state index >= 15 is 0 Å². The highest BCUT2D eigenvalue weighted by molar-refractivity contribution is 5.35. The standard InChI is InChI=1S/C16H22N4/c1-3-16(10-7-11-17-12-16)15-19-18-13(2)20(15)14-8-5-4-6-9-14/h4-6,8-9,17H,3,7,10-12H2,1-2H3. The summed E-state index contributed by atoms with van der Waals surface area (Å²) in [4.78, 5) is 0. The Morgan fingerprint density at radius 3 is 2.70 bits per heavy atom. The van der Waals surface area contributed by atoms with Crippen LogP contribution in [0.3, 0.4) is 0 Å². The minimum absolute atomic E-state index is 0.106. The summed E-state index contributed by atoms with van der Waals surface area (Å²) >= 11 is 0. The third-order valence-corrected chi connectivity index (χ3v) is 4.46. The molecule has 0 spiro atoms. The summed E-state index contributed by atoms with van der Waals surface area (Å²) in [6, 6.07) is 10.4. The quantitative estimate of drug-likeness (QED) is 0.932. The van der Waals surface area contributed by atoms with Crippen molar-refractivity contribution in [2.24, 2.45) is 0 Å². The number of nitrogens with zero attached hydrogens (tertiary/aromatic N) is 3. The fourth-order valence-electron chi connectivity index (χ4n) is 3.21. The number of para-hydroxylation sites is 1. The van der Waals surface area contributed by atoms with Gasteiger partial charge in [-0.1, -0.05) is 25.1 Å². The van der Waals surface area contributed by atoms with Gasteiger partial charge in [-0.2, -0.15) is 0 Å². The van der Waals surface area contributed by atoms with Crippen LogP contribution in [-0.4, -0.2) is 27.9 Å². The summed E-state index contributed by atoms with van der Waals surface area (Å²) in [6.45, 7) is 6.39. The zero-order valence-corrected chi connectivity index (χ0v) is 12.3. The van der Waals surface area contributed by atoms with Gasteiger partial charge in [0.15, 0.2) is 0 Å². The number of hydrogen-bond donors (Lipinski definition) is 1. The van der Waals surface area contributed by atoms with Crippen LogP contribution in [0.15, 0.2) is 30.3 Å². The Balaban J connectivity index is 2.10. The van der Waals surface area contributed by atoms with Gasteiger partial charge >= 0.3 is 0 Å². The number of aromatic nitrogens is 3. The van der Waals surface area contributed by atoms with Crippen molar-refractivity contribution in [3.05, 3.63) is 42.0 Å². The molecule has 20 heavy (non-hydrogen) atoms. The first-order valence-corrected chi connectivity index (χ1v) is 7.45. The van der Waals surface area contributed by atoms with E-state index in [2.05, 4.69) is 51.3 Å². The van der Waals surface area contributed by atoms with E-state index in [4.69, 9.17) is 0 Å². The van der Waals surface area contributed by atoms with Crippen LogP contribution in [-0.2, 0) is 5.41 Å². The molecule has 2 aromatic rings. The lowest BCUT2D eigenvalue weighted by atomic mass is 9.77. The summed E-state index contributed by atoms with van der Waals surface area (Å²) < 4.78 is 2.22. The molecule has 4 nitrogen and oxygen atoms in total. The van der Waals surface area contributed by atoms with Gasteiger partial charge in [0.25, 0.3) is 0 Å².